The molecule has 0 fully saturated rings. The van der Waals surface area contributed by atoms with E-state index in [0.717, 1.165) is 37.5 Å². The Bertz CT molecular complexity index is 634. The predicted molar refractivity (Wildman–Crippen MR) is 114 cm³/mol. The van der Waals surface area contributed by atoms with Gasteiger partial charge < -0.3 is 15.4 Å². The molecule has 0 unspecified atom stereocenters. The fourth-order valence-electron chi connectivity index (χ4n) is 2.32. The fraction of sp³-hybridized carbons (Fsp3) is 0.368. The summed E-state index contributed by atoms with van der Waals surface area (Å²) < 4.78 is 5.14. The molecule has 0 saturated carbocycles. The number of guanidine groups is 1. The molecule has 0 aliphatic carbocycles. The minimum absolute atomic E-state index is 0. The third kappa shape index (κ3) is 8.20. The molecule has 1 aromatic heterocycles. The molecule has 6 heteroatoms. The molecule has 0 bridgehead atoms. The molecule has 1 heterocycles. The summed E-state index contributed by atoms with van der Waals surface area (Å²) in [6.07, 6.45) is 3.87. The molecule has 0 radical (unpaired) electrons. The second-order valence-electron chi connectivity index (χ2n) is 5.42. The average Bonchev–Trinajstić information content (AvgIpc) is 2.64. The first kappa shape index (κ1) is 21.2. The van der Waals surface area contributed by atoms with Gasteiger partial charge in [0.2, 0.25) is 5.88 Å². The maximum Gasteiger partial charge on any atom is 0.213 e. The maximum absolute atomic E-state index is 5.14. The standard InChI is InChI=1S/C19H26N4O.HI/c1-3-20-19(22-12-7-10-16-8-5-4-6-9-16)23-15-17-11-13-21-18(14-17)24-2;/h4-6,8-9,11,13-14H,3,7,10,12,15H2,1-2H3,(H2,20,22,23);1H. The van der Waals surface area contributed by atoms with Gasteiger partial charge in [-0.2, -0.15) is 0 Å². The molecule has 136 valence electrons. The fourth-order valence-corrected chi connectivity index (χ4v) is 2.32. The lowest BCUT2D eigenvalue weighted by Crippen LogP contribution is -2.37. The van der Waals surface area contributed by atoms with Crippen molar-refractivity contribution in [2.45, 2.75) is 26.3 Å². The van der Waals surface area contributed by atoms with Crippen molar-refractivity contribution in [3.05, 3.63) is 59.8 Å². The number of nitrogens with one attached hydrogen (secondary N) is 2. The van der Waals surface area contributed by atoms with Gasteiger partial charge in [-0.25, -0.2) is 9.98 Å². The van der Waals surface area contributed by atoms with Crippen LogP contribution < -0.4 is 15.4 Å². The first-order valence-corrected chi connectivity index (χ1v) is 8.37. The average molecular weight is 454 g/mol. The first-order valence-electron chi connectivity index (χ1n) is 8.37. The number of ether oxygens (including phenoxy) is 1. The van der Waals surface area contributed by atoms with Crippen LogP contribution in [0.3, 0.4) is 0 Å². The molecule has 0 saturated heterocycles. The molecule has 2 aromatic rings. The molecule has 0 amide bonds. The monoisotopic (exact) mass is 454 g/mol. The number of aliphatic imine (C=N–C) groups is 1. The van der Waals surface area contributed by atoms with E-state index in [1.165, 1.54) is 5.56 Å². The summed E-state index contributed by atoms with van der Waals surface area (Å²) in [5, 5.41) is 6.65. The van der Waals surface area contributed by atoms with Gasteiger partial charge in [-0.1, -0.05) is 30.3 Å². The molecule has 0 spiro atoms. The van der Waals surface area contributed by atoms with Gasteiger partial charge in [0, 0.05) is 25.4 Å². The minimum atomic E-state index is 0. The molecule has 5 nitrogen and oxygen atoms in total. The van der Waals surface area contributed by atoms with Crippen LogP contribution in [-0.2, 0) is 13.0 Å². The van der Waals surface area contributed by atoms with E-state index in [2.05, 4.69) is 51.8 Å². The number of nitrogens with zero attached hydrogens (tertiary/aromatic N) is 2. The van der Waals surface area contributed by atoms with Crippen molar-refractivity contribution in [3.8, 4) is 5.88 Å². The third-order valence-electron chi connectivity index (χ3n) is 3.55. The van der Waals surface area contributed by atoms with E-state index in [4.69, 9.17) is 4.74 Å². The molecular weight excluding hydrogens is 427 g/mol. The molecule has 0 atom stereocenters. The van der Waals surface area contributed by atoms with Crippen molar-refractivity contribution in [3.63, 3.8) is 0 Å². The van der Waals surface area contributed by atoms with Crippen LogP contribution in [0.1, 0.15) is 24.5 Å². The minimum Gasteiger partial charge on any atom is -0.481 e. The zero-order valence-corrected chi connectivity index (χ0v) is 17.2. The zero-order valence-electron chi connectivity index (χ0n) is 14.9. The summed E-state index contributed by atoms with van der Waals surface area (Å²) in [4.78, 5) is 8.72. The Labute approximate surface area is 167 Å². The van der Waals surface area contributed by atoms with E-state index in [-0.39, 0.29) is 24.0 Å². The highest BCUT2D eigenvalue weighted by Crippen LogP contribution is 2.09. The smallest absolute Gasteiger partial charge is 0.213 e. The summed E-state index contributed by atoms with van der Waals surface area (Å²) in [5.74, 6) is 1.45. The highest BCUT2D eigenvalue weighted by molar-refractivity contribution is 14.0. The second kappa shape index (κ2) is 12.5. The summed E-state index contributed by atoms with van der Waals surface area (Å²) in [7, 11) is 1.62. The zero-order chi connectivity index (χ0) is 17.0. The highest BCUT2D eigenvalue weighted by Gasteiger charge is 2.00. The lowest BCUT2D eigenvalue weighted by Gasteiger charge is -2.11. The lowest BCUT2D eigenvalue weighted by molar-refractivity contribution is 0.397. The molecule has 2 N–H and O–H groups in total. The number of benzene rings is 1. The Morgan fingerprint density at radius 3 is 2.64 bits per heavy atom. The maximum atomic E-state index is 5.14. The van der Waals surface area contributed by atoms with Gasteiger partial charge >= 0.3 is 0 Å². The van der Waals surface area contributed by atoms with Gasteiger partial charge in [-0.05, 0) is 37.0 Å². The molecule has 2 rings (SSSR count). The number of rotatable bonds is 8. The molecular formula is C19H27IN4O. The van der Waals surface area contributed by atoms with E-state index in [9.17, 15) is 0 Å². The number of pyridine rings is 1. The summed E-state index contributed by atoms with van der Waals surface area (Å²) in [5.41, 5.74) is 2.44. The van der Waals surface area contributed by atoms with Crippen LogP contribution in [0.2, 0.25) is 0 Å². The van der Waals surface area contributed by atoms with Gasteiger partial charge in [-0.15, -0.1) is 24.0 Å². The number of aromatic nitrogens is 1. The largest absolute Gasteiger partial charge is 0.481 e. The number of hydrogen-bond donors (Lipinski definition) is 2. The van der Waals surface area contributed by atoms with Crippen molar-refractivity contribution in [1.82, 2.24) is 15.6 Å². The van der Waals surface area contributed by atoms with E-state index >= 15 is 0 Å². The second-order valence-corrected chi connectivity index (χ2v) is 5.42. The Hall–Kier alpha value is -1.83. The molecule has 0 aliphatic rings. The van der Waals surface area contributed by atoms with Crippen LogP contribution in [0.5, 0.6) is 5.88 Å². The van der Waals surface area contributed by atoms with Crippen molar-refractivity contribution in [1.29, 1.82) is 0 Å². The van der Waals surface area contributed by atoms with E-state index < -0.39 is 0 Å². The van der Waals surface area contributed by atoms with Crippen LogP contribution in [0.25, 0.3) is 0 Å². The molecule has 25 heavy (non-hydrogen) atoms. The third-order valence-corrected chi connectivity index (χ3v) is 3.55. The molecule has 1 aromatic carbocycles. The van der Waals surface area contributed by atoms with Crippen LogP contribution in [0.4, 0.5) is 0 Å². The van der Waals surface area contributed by atoms with Crippen LogP contribution in [-0.4, -0.2) is 31.1 Å². The van der Waals surface area contributed by atoms with Crippen LogP contribution in [0.15, 0.2) is 53.7 Å². The van der Waals surface area contributed by atoms with Crippen LogP contribution in [0, 0.1) is 0 Å². The number of hydrogen-bond acceptors (Lipinski definition) is 3. The Morgan fingerprint density at radius 2 is 1.92 bits per heavy atom. The summed E-state index contributed by atoms with van der Waals surface area (Å²) in [6.45, 7) is 4.38. The van der Waals surface area contributed by atoms with Crippen molar-refractivity contribution >= 4 is 29.9 Å². The molecule has 0 aliphatic heterocycles. The highest BCUT2D eigenvalue weighted by atomic mass is 127. The first-order chi connectivity index (χ1) is 11.8. The Balaban J connectivity index is 0.00000312. The number of aryl methyl sites for hydroxylation is 1. The van der Waals surface area contributed by atoms with Gasteiger partial charge in [0.15, 0.2) is 5.96 Å². The predicted octanol–water partition coefficient (Wildman–Crippen LogP) is 3.40. The lowest BCUT2D eigenvalue weighted by atomic mass is 10.1. The van der Waals surface area contributed by atoms with Gasteiger partial charge in [0.05, 0.1) is 13.7 Å². The van der Waals surface area contributed by atoms with Gasteiger partial charge in [0.1, 0.15) is 0 Å². The number of halogens is 1. The van der Waals surface area contributed by atoms with E-state index in [0.29, 0.717) is 12.4 Å². The Morgan fingerprint density at radius 1 is 1.12 bits per heavy atom. The normalized spacial score (nSPS) is 10.7. The Kier molecular flexibility index (Phi) is 10.6. The van der Waals surface area contributed by atoms with E-state index in [1.54, 1.807) is 13.3 Å². The topological polar surface area (TPSA) is 58.5 Å². The van der Waals surface area contributed by atoms with Gasteiger partial charge in [-0.3, -0.25) is 0 Å². The summed E-state index contributed by atoms with van der Waals surface area (Å²) in [6, 6.07) is 14.4. The number of methoxy groups -OCH3 is 1. The van der Waals surface area contributed by atoms with E-state index in [1.807, 2.05) is 18.2 Å². The van der Waals surface area contributed by atoms with Crippen molar-refractivity contribution in [2.24, 2.45) is 4.99 Å². The SMILES string of the molecule is CCNC(=NCc1ccnc(OC)c1)NCCCc1ccccc1.I. The van der Waals surface area contributed by atoms with Crippen molar-refractivity contribution < 1.29 is 4.74 Å². The van der Waals surface area contributed by atoms with Gasteiger partial charge in [0.25, 0.3) is 0 Å². The summed E-state index contributed by atoms with van der Waals surface area (Å²) >= 11 is 0. The van der Waals surface area contributed by atoms with Crippen molar-refractivity contribution in [2.75, 3.05) is 20.2 Å². The van der Waals surface area contributed by atoms with Crippen LogP contribution >= 0.6 is 24.0 Å². The quantitative estimate of drug-likeness (QED) is 0.278.